The summed E-state index contributed by atoms with van der Waals surface area (Å²) in [7, 11) is 0. The zero-order chi connectivity index (χ0) is 6.69. The normalized spacial score (nSPS) is 9.00. The highest BCUT2D eigenvalue weighted by Crippen LogP contribution is 1.99. The van der Waals surface area contributed by atoms with E-state index < -0.39 is 0 Å². The molecule has 0 aliphatic heterocycles. The molecule has 1 heterocycles. The van der Waals surface area contributed by atoms with E-state index in [-0.39, 0.29) is 12.4 Å². The van der Waals surface area contributed by atoms with Crippen LogP contribution in [0, 0.1) is 3.57 Å². The second-order valence-corrected chi connectivity index (χ2v) is 2.96. The van der Waals surface area contributed by atoms with E-state index in [1.54, 1.807) is 0 Å². The molecule has 10 heavy (non-hydrogen) atoms. The van der Waals surface area contributed by atoms with E-state index in [2.05, 4.69) is 27.7 Å². The summed E-state index contributed by atoms with van der Waals surface area (Å²) >= 11 is 2.22. The predicted molar refractivity (Wildman–Crippen MR) is 51.2 cm³/mol. The molecule has 0 atom stereocenters. The van der Waals surface area contributed by atoms with Crippen molar-refractivity contribution in [2.75, 3.05) is 6.54 Å². The van der Waals surface area contributed by atoms with E-state index in [0.29, 0.717) is 6.54 Å². The molecule has 0 aliphatic rings. The van der Waals surface area contributed by atoms with Crippen LogP contribution in [0.3, 0.4) is 0 Å². The first kappa shape index (κ1) is 10.2. The first-order chi connectivity index (χ1) is 4.33. The first-order valence-corrected chi connectivity index (χ1v) is 3.79. The van der Waals surface area contributed by atoms with Gasteiger partial charge in [0.15, 0.2) is 0 Å². The molecule has 3 nitrogen and oxygen atoms in total. The van der Waals surface area contributed by atoms with Gasteiger partial charge in [-0.3, -0.25) is 4.68 Å². The number of nitrogens with two attached hydrogens (primary N) is 1. The number of halogens is 2. The van der Waals surface area contributed by atoms with Crippen molar-refractivity contribution < 1.29 is 0 Å². The zero-order valence-corrected chi connectivity index (χ0v) is 8.30. The average molecular weight is 274 g/mol. The fourth-order valence-electron chi connectivity index (χ4n) is 0.593. The Bertz CT molecular complexity index is 189. The standard InChI is InChI=1S/C5H8IN3.ClH/c6-5-3-8-9(4-5)2-1-7;/h3-4H,1-2,7H2;1H. The van der Waals surface area contributed by atoms with Crippen molar-refractivity contribution in [2.24, 2.45) is 5.73 Å². The maximum Gasteiger partial charge on any atom is 0.0623 e. The van der Waals surface area contributed by atoms with Crippen LogP contribution in [0.15, 0.2) is 12.4 Å². The summed E-state index contributed by atoms with van der Waals surface area (Å²) in [5, 5.41) is 4.03. The Morgan fingerprint density at radius 1 is 1.70 bits per heavy atom. The molecule has 0 amide bonds. The van der Waals surface area contributed by atoms with Gasteiger partial charge in [0.2, 0.25) is 0 Å². The predicted octanol–water partition coefficient (Wildman–Crippen LogP) is 0.868. The van der Waals surface area contributed by atoms with Crippen LogP contribution >= 0.6 is 35.0 Å². The van der Waals surface area contributed by atoms with Crippen molar-refractivity contribution in [2.45, 2.75) is 6.54 Å². The topological polar surface area (TPSA) is 43.8 Å². The van der Waals surface area contributed by atoms with Gasteiger partial charge in [-0.15, -0.1) is 12.4 Å². The lowest BCUT2D eigenvalue weighted by Crippen LogP contribution is -2.09. The van der Waals surface area contributed by atoms with Crippen molar-refractivity contribution in [3.05, 3.63) is 16.0 Å². The van der Waals surface area contributed by atoms with Gasteiger partial charge in [0.05, 0.1) is 16.3 Å². The molecule has 1 aromatic heterocycles. The van der Waals surface area contributed by atoms with Crippen LogP contribution in [0.2, 0.25) is 0 Å². The molecule has 0 unspecified atom stereocenters. The molecule has 0 radical (unpaired) electrons. The summed E-state index contributed by atoms with van der Waals surface area (Å²) in [6, 6.07) is 0. The molecule has 0 saturated heterocycles. The van der Waals surface area contributed by atoms with Crippen molar-refractivity contribution in [1.29, 1.82) is 0 Å². The van der Waals surface area contributed by atoms with Gasteiger partial charge in [-0.05, 0) is 22.6 Å². The van der Waals surface area contributed by atoms with Crippen LogP contribution in [-0.2, 0) is 6.54 Å². The van der Waals surface area contributed by atoms with Gasteiger partial charge in [0.25, 0.3) is 0 Å². The number of nitrogens with zero attached hydrogens (tertiary/aromatic N) is 2. The van der Waals surface area contributed by atoms with Gasteiger partial charge < -0.3 is 5.73 Å². The largest absolute Gasteiger partial charge is 0.329 e. The van der Waals surface area contributed by atoms with Gasteiger partial charge in [0, 0.05) is 12.7 Å². The summed E-state index contributed by atoms with van der Waals surface area (Å²) in [4.78, 5) is 0. The highest BCUT2D eigenvalue weighted by Gasteiger charge is 1.90. The molecule has 0 bridgehead atoms. The fourth-order valence-corrected chi connectivity index (χ4v) is 1.04. The fraction of sp³-hybridized carbons (Fsp3) is 0.400. The number of aromatic nitrogens is 2. The Labute approximate surface area is 79.5 Å². The summed E-state index contributed by atoms with van der Waals surface area (Å²) in [5.41, 5.74) is 5.31. The van der Waals surface area contributed by atoms with Crippen LogP contribution in [0.25, 0.3) is 0 Å². The van der Waals surface area contributed by atoms with E-state index in [4.69, 9.17) is 5.73 Å². The molecule has 5 heteroatoms. The summed E-state index contributed by atoms with van der Waals surface area (Å²) in [5.74, 6) is 0. The second-order valence-electron chi connectivity index (χ2n) is 1.71. The van der Waals surface area contributed by atoms with E-state index >= 15 is 0 Å². The average Bonchev–Trinajstić information content (AvgIpc) is 2.17. The zero-order valence-electron chi connectivity index (χ0n) is 5.33. The highest BCUT2D eigenvalue weighted by molar-refractivity contribution is 14.1. The number of hydrogen-bond acceptors (Lipinski definition) is 2. The summed E-state index contributed by atoms with van der Waals surface area (Å²) in [6.45, 7) is 1.46. The molecular weight excluding hydrogens is 264 g/mol. The van der Waals surface area contributed by atoms with Crippen molar-refractivity contribution in [1.82, 2.24) is 9.78 Å². The maximum absolute atomic E-state index is 5.31. The maximum atomic E-state index is 5.31. The van der Waals surface area contributed by atoms with Crippen molar-refractivity contribution in [3.63, 3.8) is 0 Å². The minimum Gasteiger partial charge on any atom is -0.329 e. The van der Waals surface area contributed by atoms with Crippen molar-refractivity contribution >= 4 is 35.0 Å². The summed E-state index contributed by atoms with van der Waals surface area (Å²) < 4.78 is 2.99. The minimum atomic E-state index is 0. The van der Waals surface area contributed by atoms with Gasteiger partial charge in [-0.1, -0.05) is 0 Å². The van der Waals surface area contributed by atoms with E-state index in [1.807, 2.05) is 17.1 Å². The molecule has 0 aliphatic carbocycles. The Hall–Kier alpha value is 0.190. The smallest absolute Gasteiger partial charge is 0.0623 e. The molecule has 1 aromatic rings. The molecule has 2 N–H and O–H groups in total. The lowest BCUT2D eigenvalue weighted by molar-refractivity contribution is 0.625. The monoisotopic (exact) mass is 273 g/mol. The van der Waals surface area contributed by atoms with Gasteiger partial charge >= 0.3 is 0 Å². The Kier molecular flexibility index (Phi) is 5.02. The minimum absolute atomic E-state index is 0. The Balaban J connectivity index is 0.000000810. The number of rotatable bonds is 2. The highest BCUT2D eigenvalue weighted by atomic mass is 127. The van der Waals surface area contributed by atoms with E-state index in [1.165, 1.54) is 0 Å². The molecular formula is C5H9ClIN3. The first-order valence-electron chi connectivity index (χ1n) is 2.71. The molecule has 0 aromatic carbocycles. The number of hydrogen-bond donors (Lipinski definition) is 1. The third-order valence-electron chi connectivity index (χ3n) is 0.960. The van der Waals surface area contributed by atoms with Crippen LogP contribution in [0.4, 0.5) is 0 Å². The molecule has 58 valence electrons. The van der Waals surface area contributed by atoms with Crippen LogP contribution in [-0.4, -0.2) is 16.3 Å². The van der Waals surface area contributed by atoms with Gasteiger partial charge in [-0.2, -0.15) is 5.10 Å². The third-order valence-corrected chi connectivity index (χ3v) is 1.52. The lowest BCUT2D eigenvalue weighted by Gasteiger charge is -1.93. The Morgan fingerprint density at radius 2 is 2.40 bits per heavy atom. The van der Waals surface area contributed by atoms with Crippen molar-refractivity contribution in [3.8, 4) is 0 Å². The van der Waals surface area contributed by atoms with Crippen LogP contribution < -0.4 is 5.73 Å². The third kappa shape index (κ3) is 2.85. The summed E-state index contributed by atoms with van der Waals surface area (Å²) in [6.07, 6.45) is 3.78. The van der Waals surface area contributed by atoms with Crippen LogP contribution in [0.1, 0.15) is 0 Å². The van der Waals surface area contributed by atoms with Crippen LogP contribution in [0.5, 0.6) is 0 Å². The molecule has 0 fully saturated rings. The Morgan fingerprint density at radius 3 is 2.80 bits per heavy atom. The molecule has 0 spiro atoms. The van der Waals surface area contributed by atoms with Gasteiger partial charge in [0.1, 0.15) is 0 Å². The SMILES string of the molecule is Cl.NCCn1cc(I)cn1. The van der Waals surface area contributed by atoms with E-state index in [9.17, 15) is 0 Å². The second kappa shape index (κ2) is 4.92. The molecule has 0 saturated carbocycles. The molecule has 1 rings (SSSR count). The van der Waals surface area contributed by atoms with Gasteiger partial charge in [-0.25, -0.2) is 0 Å². The lowest BCUT2D eigenvalue weighted by atomic mass is 10.6. The quantitative estimate of drug-likeness (QED) is 0.813. The van der Waals surface area contributed by atoms with E-state index in [0.717, 1.165) is 10.1 Å².